The van der Waals surface area contributed by atoms with Gasteiger partial charge < -0.3 is 24.8 Å². The van der Waals surface area contributed by atoms with Crippen molar-refractivity contribution in [3.63, 3.8) is 0 Å². The molecule has 3 N–H and O–H groups in total. The number of aromatic hydroxyl groups is 1. The molecule has 1 aromatic rings. The molecule has 2 atom stereocenters. The predicted octanol–water partition coefficient (Wildman–Crippen LogP) is 5.24. The molecule has 1 aliphatic rings. The number of benzene rings is 1. The summed E-state index contributed by atoms with van der Waals surface area (Å²) in [7, 11) is 0. The summed E-state index contributed by atoms with van der Waals surface area (Å²) in [6, 6.07) is 3.42. The van der Waals surface area contributed by atoms with Crippen LogP contribution in [0.4, 0.5) is 0 Å². The highest BCUT2D eigenvalue weighted by Crippen LogP contribution is 2.34. The fraction of sp³-hybridized carbons (Fsp3) is 0.640. The highest BCUT2D eigenvalue weighted by Gasteiger charge is 2.26. The van der Waals surface area contributed by atoms with E-state index in [2.05, 4.69) is 0 Å². The van der Waals surface area contributed by atoms with Gasteiger partial charge in [0.15, 0.2) is 5.78 Å². The molecule has 8 nitrogen and oxygen atoms in total. The summed E-state index contributed by atoms with van der Waals surface area (Å²) in [6.07, 6.45) is 4.44. The lowest BCUT2D eigenvalue weighted by Gasteiger charge is -2.14. The molecule has 1 saturated heterocycles. The first kappa shape index (κ1) is 31.1. The molecule has 0 aromatic heterocycles. The highest BCUT2D eigenvalue weighted by atomic mass is 32.2. The van der Waals surface area contributed by atoms with Crippen molar-refractivity contribution in [1.82, 2.24) is 0 Å². The van der Waals surface area contributed by atoms with E-state index in [0.29, 0.717) is 42.6 Å². The van der Waals surface area contributed by atoms with Crippen LogP contribution in [-0.2, 0) is 20.7 Å². The molecule has 0 saturated carbocycles. The summed E-state index contributed by atoms with van der Waals surface area (Å²) < 4.78 is 11.5. The number of rotatable bonds is 15. The Balaban J connectivity index is 0.00000111. The van der Waals surface area contributed by atoms with E-state index in [1.807, 2.05) is 18.7 Å². The number of carbonyl (C=O) groups excluding carboxylic acids is 1. The molecule has 0 radical (unpaired) electrons. The standard InChI is InChI=1S/C22H32O6S2.C3H6O2/c1-3-6-18-19(8-7-17(15(2)23)22(18)26)27-11-4-5-12-29-14-16-13-28-21(30-16)10-9-20(24)25;1-2-3(4)5/h7-8,16,21,26H,3-6,9-14H2,1-2H3,(H,24,25);2H2,1H3,(H,4,5). The van der Waals surface area contributed by atoms with Crippen molar-refractivity contribution in [3.05, 3.63) is 23.3 Å². The number of aliphatic carboxylic acids is 2. The van der Waals surface area contributed by atoms with E-state index >= 15 is 0 Å². The second-order valence-electron chi connectivity index (χ2n) is 8.08. The highest BCUT2D eigenvalue weighted by molar-refractivity contribution is 8.03. The van der Waals surface area contributed by atoms with Gasteiger partial charge in [-0.05, 0) is 50.5 Å². The Morgan fingerprint density at radius 1 is 1.17 bits per heavy atom. The molecule has 0 amide bonds. The summed E-state index contributed by atoms with van der Waals surface area (Å²) in [6.45, 7) is 6.36. The van der Waals surface area contributed by atoms with Crippen LogP contribution in [0.15, 0.2) is 12.1 Å². The molecule has 1 aliphatic heterocycles. The molecule has 1 aromatic carbocycles. The number of ketones is 1. The lowest BCUT2D eigenvalue weighted by atomic mass is 10.0. The van der Waals surface area contributed by atoms with Gasteiger partial charge in [0, 0.05) is 29.4 Å². The van der Waals surface area contributed by atoms with Crippen molar-refractivity contribution in [2.75, 3.05) is 24.7 Å². The Morgan fingerprint density at radius 2 is 1.89 bits per heavy atom. The maximum Gasteiger partial charge on any atom is 0.303 e. The van der Waals surface area contributed by atoms with Crippen LogP contribution in [0.2, 0.25) is 0 Å². The van der Waals surface area contributed by atoms with Gasteiger partial charge in [-0.3, -0.25) is 14.4 Å². The van der Waals surface area contributed by atoms with Crippen molar-refractivity contribution >= 4 is 41.2 Å². The third-order valence-corrected chi connectivity index (χ3v) is 7.86. The second kappa shape index (κ2) is 17.5. The molecule has 198 valence electrons. The minimum atomic E-state index is -0.772. The fourth-order valence-electron chi connectivity index (χ4n) is 3.22. The fourth-order valence-corrected chi connectivity index (χ4v) is 5.75. The maximum absolute atomic E-state index is 11.6. The van der Waals surface area contributed by atoms with Crippen molar-refractivity contribution in [1.29, 1.82) is 0 Å². The van der Waals surface area contributed by atoms with Gasteiger partial charge in [0.05, 0.1) is 18.8 Å². The van der Waals surface area contributed by atoms with Crippen LogP contribution < -0.4 is 4.74 Å². The Kier molecular flexibility index (Phi) is 15.6. The van der Waals surface area contributed by atoms with E-state index in [1.54, 1.807) is 30.8 Å². The van der Waals surface area contributed by atoms with Crippen LogP contribution in [0.1, 0.15) is 75.2 Å². The SMILES string of the molecule is CCC(=O)O.CCCc1c(OCCCCSCC2COC(CCC(=O)O)S2)ccc(C(C)=O)c1O. The van der Waals surface area contributed by atoms with Crippen molar-refractivity contribution in [2.45, 2.75) is 76.4 Å². The average molecular weight is 531 g/mol. The molecular formula is C25H38O8S2. The lowest BCUT2D eigenvalue weighted by Crippen LogP contribution is -2.07. The summed E-state index contributed by atoms with van der Waals surface area (Å²) in [5.41, 5.74) is 1.08. The average Bonchev–Trinajstić information content (AvgIpc) is 3.27. The quantitative estimate of drug-likeness (QED) is 0.204. The number of hydrogen-bond donors (Lipinski definition) is 3. The monoisotopic (exact) mass is 530 g/mol. The molecule has 0 bridgehead atoms. The van der Waals surface area contributed by atoms with E-state index in [0.717, 1.165) is 36.3 Å². The summed E-state index contributed by atoms with van der Waals surface area (Å²) in [4.78, 5) is 31.6. The molecule has 0 aliphatic carbocycles. The van der Waals surface area contributed by atoms with Crippen LogP contribution in [0.3, 0.4) is 0 Å². The van der Waals surface area contributed by atoms with E-state index < -0.39 is 11.9 Å². The number of phenols is 1. The van der Waals surface area contributed by atoms with Gasteiger partial charge in [0.25, 0.3) is 0 Å². The first-order valence-electron chi connectivity index (χ1n) is 12.0. The zero-order valence-corrected chi connectivity index (χ0v) is 22.4. The summed E-state index contributed by atoms with van der Waals surface area (Å²) in [5.74, 6) is 1.10. The van der Waals surface area contributed by atoms with Crippen molar-refractivity contribution < 1.29 is 39.2 Å². The zero-order valence-electron chi connectivity index (χ0n) is 20.8. The van der Waals surface area contributed by atoms with Gasteiger partial charge in [0.2, 0.25) is 0 Å². The molecule has 10 heteroatoms. The molecule has 1 heterocycles. The van der Waals surface area contributed by atoms with Gasteiger partial charge in [0.1, 0.15) is 16.9 Å². The molecule has 1 fully saturated rings. The maximum atomic E-state index is 11.6. The zero-order chi connectivity index (χ0) is 26.2. The van der Waals surface area contributed by atoms with Gasteiger partial charge in [-0.1, -0.05) is 20.3 Å². The predicted molar refractivity (Wildman–Crippen MR) is 140 cm³/mol. The number of carboxylic acid groups (broad SMARTS) is 2. The number of ether oxygens (including phenoxy) is 2. The number of unbranched alkanes of at least 4 members (excludes halogenated alkanes) is 1. The van der Waals surface area contributed by atoms with E-state index in [4.69, 9.17) is 19.7 Å². The van der Waals surface area contributed by atoms with Crippen LogP contribution in [0.25, 0.3) is 0 Å². The van der Waals surface area contributed by atoms with Crippen LogP contribution in [-0.4, -0.2) is 68.4 Å². The van der Waals surface area contributed by atoms with Gasteiger partial charge in [-0.15, -0.1) is 11.8 Å². The molecule has 2 unspecified atom stereocenters. The van der Waals surface area contributed by atoms with Crippen molar-refractivity contribution in [3.8, 4) is 11.5 Å². The van der Waals surface area contributed by atoms with E-state index in [9.17, 15) is 19.5 Å². The molecule has 0 spiro atoms. The Labute approximate surface area is 216 Å². The minimum absolute atomic E-state index is 0.0169. The van der Waals surface area contributed by atoms with E-state index in [1.165, 1.54) is 6.92 Å². The second-order valence-corrected chi connectivity index (χ2v) is 10.7. The smallest absolute Gasteiger partial charge is 0.303 e. The number of phenolic OH excluding ortho intramolecular Hbond substituents is 1. The number of hydrogen-bond acceptors (Lipinski definition) is 8. The molecule has 2 rings (SSSR count). The van der Waals surface area contributed by atoms with E-state index in [-0.39, 0.29) is 29.8 Å². The Morgan fingerprint density at radius 3 is 2.49 bits per heavy atom. The van der Waals surface area contributed by atoms with Crippen molar-refractivity contribution in [2.24, 2.45) is 0 Å². The van der Waals surface area contributed by atoms with Crippen LogP contribution in [0, 0.1) is 0 Å². The number of thioether (sulfide) groups is 2. The van der Waals surface area contributed by atoms with Crippen LogP contribution >= 0.6 is 23.5 Å². The number of carbonyl (C=O) groups is 3. The summed E-state index contributed by atoms with van der Waals surface area (Å²) in [5, 5.41) is 27.3. The van der Waals surface area contributed by atoms with Crippen LogP contribution in [0.5, 0.6) is 11.5 Å². The number of Topliss-reactive ketones (excluding diaryl/α,β-unsaturated/α-hetero) is 1. The topological polar surface area (TPSA) is 130 Å². The summed E-state index contributed by atoms with van der Waals surface area (Å²) >= 11 is 3.64. The largest absolute Gasteiger partial charge is 0.507 e. The molecule has 35 heavy (non-hydrogen) atoms. The van der Waals surface area contributed by atoms with Gasteiger partial charge in [-0.2, -0.15) is 11.8 Å². The Bertz CT molecular complexity index is 815. The normalized spacial score (nSPS) is 16.9. The molecular weight excluding hydrogens is 492 g/mol. The van der Waals surface area contributed by atoms with Gasteiger partial charge in [-0.25, -0.2) is 0 Å². The third kappa shape index (κ3) is 12.6. The third-order valence-electron chi connectivity index (χ3n) is 5.07. The first-order valence-corrected chi connectivity index (χ1v) is 14.1. The Hall–Kier alpha value is -1.91. The number of carboxylic acids is 2. The first-order chi connectivity index (χ1) is 16.7. The lowest BCUT2D eigenvalue weighted by molar-refractivity contribution is -0.138. The van der Waals surface area contributed by atoms with Gasteiger partial charge >= 0.3 is 11.9 Å². The minimum Gasteiger partial charge on any atom is -0.507 e.